The molecule has 104 valence electrons. The minimum Gasteiger partial charge on any atom is -0.381 e. The Morgan fingerprint density at radius 1 is 0.950 bits per heavy atom. The van der Waals surface area contributed by atoms with Crippen LogP contribution in [-0.2, 0) is 19.4 Å². The molecule has 2 aromatic rings. The summed E-state index contributed by atoms with van der Waals surface area (Å²) < 4.78 is 0. The predicted molar refractivity (Wildman–Crippen MR) is 86.9 cm³/mol. The third-order valence-corrected chi connectivity index (χ3v) is 4.24. The van der Waals surface area contributed by atoms with E-state index < -0.39 is 0 Å². The van der Waals surface area contributed by atoms with Crippen LogP contribution in [0.4, 0.5) is 5.69 Å². The zero-order valence-electron chi connectivity index (χ0n) is 11.3. The molecule has 0 amide bonds. The normalized spacial score (nSPS) is 13.9. The van der Waals surface area contributed by atoms with E-state index in [-0.39, 0.29) is 0 Å². The van der Waals surface area contributed by atoms with Crippen LogP contribution in [0.1, 0.15) is 29.5 Å². The maximum atomic E-state index is 6.04. The highest BCUT2D eigenvalue weighted by molar-refractivity contribution is 6.34. The summed E-state index contributed by atoms with van der Waals surface area (Å²) in [7, 11) is 0. The lowest BCUT2D eigenvalue weighted by Gasteiger charge is -2.20. The number of benzene rings is 2. The molecule has 0 bridgehead atoms. The second-order valence-electron chi connectivity index (χ2n) is 5.28. The van der Waals surface area contributed by atoms with Gasteiger partial charge in [-0.2, -0.15) is 0 Å². The van der Waals surface area contributed by atoms with E-state index in [9.17, 15) is 0 Å². The number of nitrogens with one attached hydrogen (secondary N) is 1. The van der Waals surface area contributed by atoms with Crippen LogP contribution in [0.15, 0.2) is 36.4 Å². The zero-order valence-corrected chi connectivity index (χ0v) is 12.8. The molecule has 0 saturated heterocycles. The predicted octanol–water partition coefficient (Wildman–Crippen LogP) is 5.48. The van der Waals surface area contributed by atoms with E-state index in [4.69, 9.17) is 23.2 Å². The van der Waals surface area contributed by atoms with Crippen LogP contribution < -0.4 is 5.32 Å². The summed E-state index contributed by atoms with van der Waals surface area (Å²) in [5.41, 5.74) is 5.33. The number of fused-ring (bicyclic) bond motifs is 1. The van der Waals surface area contributed by atoms with Crippen molar-refractivity contribution < 1.29 is 0 Å². The van der Waals surface area contributed by atoms with E-state index >= 15 is 0 Å². The van der Waals surface area contributed by atoms with E-state index in [0.29, 0.717) is 10.0 Å². The second kappa shape index (κ2) is 6.07. The number of rotatable bonds is 3. The molecule has 1 aliphatic carbocycles. The molecule has 3 rings (SSSR count). The Balaban J connectivity index is 1.78. The second-order valence-corrected chi connectivity index (χ2v) is 6.15. The molecule has 0 aliphatic heterocycles. The van der Waals surface area contributed by atoms with Gasteiger partial charge in [-0.15, -0.1) is 0 Å². The fourth-order valence-electron chi connectivity index (χ4n) is 2.86. The van der Waals surface area contributed by atoms with Crippen LogP contribution in [0.3, 0.4) is 0 Å². The summed E-state index contributed by atoms with van der Waals surface area (Å²) in [4.78, 5) is 0. The van der Waals surface area contributed by atoms with Gasteiger partial charge in [-0.05, 0) is 66.6 Å². The van der Waals surface area contributed by atoms with Crippen molar-refractivity contribution in [3.05, 3.63) is 63.1 Å². The van der Waals surface area contributed by atoms with Crippen LogP contribution in [-0.4, -0.2) is 0 Å². The molecule has 1 aliphatic rings. The van der Waals surface area contributed by atoms with E-state index in [0.717, 1.165) is 12.1 Å². The van der Waals surface area contributed by atoms with Gasteiger partial charge >= 0.3 is 0 Å². The smallest absolute Gasteiger partial charge is 0.0424 e. The molecule has 1 nitrogen and oxygen atoms in total. The van der Waals surface area contributed by atoms with Gasteiger partial charge < -0.3 is 5.32 Å². The van der Waals surface area contributed by atoms with Gasteiger partial charge in [0.1, 0.15) is 0 Å². The quantitative estimate of drug-likeness (QED) is 0.791. The minimum atomic E-state index is 0.685. The van der Waals surface area contributed by atoms with E-state index in [1.54, 1.807) is 6.07 Å². The van der Waals surface area contributed by atoms with Gasteiger partial charge in [0, 0.05) is 22.3 Å². The first-order chi connectivity index (χ1) is 9.72. The van der Waals surface area contributed by atoms with Crippen molar-refractivity contribution in [3.8, 4) is 0 Å². The third-order valence-electron chi connectivity index (χ3n) is 3.80. The molecule has 0 spiro atoms. The van der Waals surface area contributed by atoms with Gasteiger partial charge in [0.2, 0.25) is 0 Å². The number of hydrogen-bond acceptors (Lipinski definition) is 1. The molecular weight excluding hydrogens is 289 g/mol. The topological polar surface area (TPSA) is 12.0 Å². The molecule has 20 heavy (non-hydrogen) atoms. The zero-order chi connectivity index (χ0) is 13.9. The summed E-state index contributed by atoms with van der Waals surface area (Å²) in [5.74, 6) is 0. The van der Waals surface area contributed by atoms with Crippen LogP contribution in [0, 0.1) is 0 Å². The summed E-state index contributed by atoms with van der Waals surface area (Å²) in [6.45, 7) is 0.747. The minimum absolute atomic E-state index is 0.685. The number of hydrogen-bond donors (Lipinski definition) is 1. The lowest BCUT2D eigenvalue weighted by molar-refractivity contribution is 0.686. The Hall–Kier alpha value is -1.18. The first-order valence-corrected chi connectivity index (χ1v) is 7.77. The maximum absolute atomic E-state index is 6.04. The van der Waals surface area contributed by atoms with E-state index in [1.165, 1.54) is 42.5 Å². The molecule has 3 heteroatoms. The number of anilines is 1. The van der Waals surface area contributed by atoms with Crippen molar-refractivity contribution in [1.29, 1.82) is 0 Å². The van der Waals surface area contributed by atoms with Gasteiger partial charge in [0.25, 0.3) is 0 Å². The highest BCUT2D eigenvalue weighted by Gasteiger charge is 2.12. The Bertz CT molecular complexity index is 602. The highest BCUT2D eigenvalue weighted by atomic mass is 35.5. The van der Waals surface area contributed by atoms with Crippen LogP contribution >= 0.6 is 23.2 Å². The molecule has 0 aromatic heterocycles. The molecular formula is C17H17Cl2N. The van der Waals surface area contributed by atoms with E-state index in [2.05, 4.69) is 23.5 Å². The third kappa shape index (κ3) is 3.11. The van der Waals surface area contributed by atoms with Crippen molar-refractivity contribution >= 4 is 28.9 Å². The fourth-order valence-corrected chi connectivity index (χ4v) is 3.43. The summed E-state index contributed by atoms with van der Waals surface area (Å²) in [6.07, 6.45) is 4.97. The number of aryl methyl sites for hydroxylation is 1. The molecule has 0 atom stereocenters. The first-order valence-electron chi connectivity index (χ1n) is 7.02. The monoisotopic (exact) mass is 305 g/mol. The molecule has 0 fully saturated rings. The Morgan fingerprint density at radius 3 is 2.50 bits per heavy atom. The van der Waals surface area contributed by atoms with Crippen LogP contribution in [0.5, 0.6) is 0 Å². The SMILES string of the molecule is Clc1cc(Cl)cc(CNc2cccc3c2CCCC3)c1. The molecule has 0 unspecified atom stereocenters. The van der Waals surface area contributed by atoms with Gasteiger partial charge in [0.05, 0.1) is 0 Å². The number of halogens is 2. The van der Waals surface area contributed by atoms with Crippen LogP contribution in [0.2, 0.25) is 10.0 Å². The maximum Gasteiger partial charge on any atom is 0.0424 e. The van der Waals surface area contributed by atoms with Gasteiger partial charge in [-0.1, -0.05) is 35.3 Å². The standard InChI is InChI=1S/C17H17Cl2N/c18-14-8-12(9-15(19)10-14)11-20-17-7-3-5-13-4-1-2-6-16(13)17/h3,5,7-10,20H,1-2,4,6,11H2. The van der Waals surface area contributed by atoms with Gasteiger partial charge in [-0.25, -0.2) is 0 Å². The molecule has 0 saturated carbocycles. The molecule has 2 aromatic carbocycles. The Labute approximate surface area is 129 Å². The summed E-state index contributed by atoms with van der Waals surface area (Å²) in [6, 6.07) is 12.2. The van der Waals surface area contributed by atoms with Gasteiger partial charge in [0.15, 0.2) is 0 Å². The van der Waals surface area contributed by atoms with Crippen molar-refractivity contribution in [2.24, 2.45) is 0 Å². The Morgan fingerprint density at radius 2 is 1.70 bits per heavy atom. The molecule has 0 radical (unpaired) electrons. The largest absolute Gasteiger partial charge is 0.381 e. The first kappa shape index (κ1) is 13.8. The molecule has 1 N–H and O–H groups in total. The summed E-state index contributed by atoms with van der Waals surface area (Å²) in [5, 5.41) is 4.90. The van der Waals surface area contributed by atoms with Crippen molar-refractivity contribution in [2.45, 2.75) is 32.2 Å². The average molecular weight is 306 g/mol. The lowest BCUT2D eigenvalue weighted by Crippen LogP contribution is -2.08. The highest BCUT2D eigenvalue weighted by Crippen LogP contribution is 2.28. The average Bonchev–Trinajstić information content (AvgIpc) is 2.44. The van der Waals surface area contributed by atoms with Gasteiger partial charge in [-0.3, -0.25) is 0 Å². The van der Waals surface area contributed by atoms with Crippen molar-refractivity contribution in [1.82, 2.24) is 0 Å². The van der Waals surface area contributed by atoms with Crippen LogP contribution in [0.25, 0.3) is 0 Å². The molecule has 0 heterocycles. The van der Waals surface area contributed by atoms with Crippen molar-refractivity contribution in [2.75, 3.05) is 5.32 Å². The Kier molecular flexibility index (Phi) is 4.18. The lowest BCUT2D eigenvalue weighted by atomic mass is 9.90. The van der Waals surface area contributed by atoms with Crippen molar-refractivity contribution in [3.63, 3.8) is 0 Å². The fraction of sp³-hybridized carbons (Fsp3) is 0.294. The summed E-state index contributed by atoms with van der Waals surface area (Å²) >= 11 is 12.1. The van der Waals surface area contributed by atoms with E-state index in [1.807, 2.05) is 12.1 Å².